The molecule has 0 saturated heterocycles. The molecule has 0 aliphatic heterocycles. The zero-order valence-electron chi connectivity index (χ0n) is 11.2. The zero-order chi connectivity index (χ0) is 14.4. The van der Waals surface area contributed by atoms with E-state index in [4.69, 9.17) is 9.47 Å². The van der Waals surface area contributed by atoms with Crippen molar-refractivity contribution in [3.05, 3.63) is 29.6 Å². The first kappa shape index (κ1) is 15.4. The Balaban J connectivity index is 2.76. The fraction of sp³-hybridized carbons (Fsp3) is 0.462. The summed E-state index contributed by atoms with van der Waals surface area (Å²) in [5, 5.41) is 9.56. The molecule has 0 radical (unpaired) electrons. The van der Waals surface area contributed by atoms with Crippen molar-refractivity contribution in [2.75, 3.05) is 34.4 Å². The Labute approximate surface area is 111 Å². The second-order valence-electron chi connectivity index (χ2n) is 4.14. The van der Waals surface area contributed by atoms with Gasteiger partial charge in [0.15, 0.2) is 11.6 Å². The Morgan fingerprint density at radius 3 is 2.74 bits per heavy atom. The number of carbonyl (C=O) groups is 1. The smallest absolute Gasteiger partial charge is 0.253 e. The number of aliphatic hydroxyl groups is 1. The Bertz CT molecular complexity index is 439. The van der Waals surface area contributed by atoms with Crippen LogP contribution in [0.1, 0.15) is 10.4 Å². The number of ether oxygens (including phenoxy) is 2. The van der Waals surface area contributed by atoms with Crippen molar-refractivity contribution in [3.8, 4) is 5.75 Å². The summed E-state index contributed by atoms with van der Waals surface area (Å²) >= 11 is 0. The fourth-order valence-corrected chi connectivity index (χ4v) is 1.66. The van der Waals surface area contributed by atoms with Crippen LogP contribution >= 0.6 is 0 Å². The number of hydrogen-bond donors (Lipinski definition) is 1. The number of nitrogens with zero attached hydrogens (tertiary/aromatic N) is 1. The number of carbonyl (C=O) groups excluding carboxylic acids is 1. The Hall–Kier alpha value is -1.66. The maximum absolute atomic E-state index is 13.2. The molecule has 0 saturated carbocycles. The number of benzene rings is 1. The molecule has 0 heterocycles. The van der Waals surface area contributed by atoms with E-state index >= 15 is 0 Å². The highest BCUT2D eigenvalue weighted by molar-refractivity contribution is 5.94. The predicted molar refractivity (Wildman–Crippen MR) is 67.8 cm³/mol. The van der Waals surface area contributed by atoms with E-state index in [1.54, 1.807) is 7.05 Å². The molecule has 1 atom stereocenters. The van der Waals surface area contributed by atoms with Crippen molar-refractivity contribution in [1.82, 2.24) is 4.90 Å². The third kappa shape index (κ3) is 4.18. The minimum Gasteiger partial charge on any atom is -0.494 e. The molecule has 1 aromatic rings. The van der Waals surface area contributed by atoms with Crippen LogP contribution < -0.4 is 4.74 Å². The van der Waals surface area contributed by atoms with Gasteiger partial charge < -0.3 is 19.5 Å². The second-order valence-corrected chi connectivity index (χ2v) is 4.14. The van der Waals surface area contributed by atoms with Crippen molar-refractivity contribution < 1.29 is 23.8 Å². The van der Waals surface area contributed by atoms with Gasteiger partial charge in [0.1, 0.15) is 0 Å². The standard InChI is InChI=1S/C13H18FNO4/c1-15(7-10(16)8-18-2)13(17)9-4-5-11(14)12(6-9)19-3/h4-6,10,16H,7-8H2,1-3H3. The monoisotopic (exact) mass is 271 g/mol. The molecular formula is C13H18FNO4. The lowest BCUT2D eigenvalue weighted by molar-refractivity contribution is 0.0380. The molecule has 1 aromatic carbocycles. The van der Waals surface area contributed by atoms with Crippen LogP contribution in [0, 0.1) is 5.82 Å². The largest absolute Gasteiger partial charge is 0.494 e. The van der Waals surface area contributed by atoms with Crippen LogP contribution in [0.25, 0.3) is 0 Å². The van der Waals surface area contributed by atoms with Crippen molar-refractivity contribution in [2.24, 2.45) is 0 Å². The molecule has 5 nitrogen and oxygen atoms in total. The number of likely N-dealkylation sites (N-methyl/N-ethyl adjacent to an activating group) is 1. The fourth-order valence-electron chi connectivity index (χ4n) is 1.66. The molecular weight excluding hydrogens is 253 g/mol. The first-order chi connectivity index (χ1) is 8.99. The zero-order valence-corrected chi connectivity index (χ0v) is 11.2. The van der Waals surface area contributed by atoms with E-state index in [1.165, 1.54) is 37.3 Å². The molecule has 6 heteroatoms. The number of rotatable bonds is 6. The average Bonchev–Trinajstić information content (AvgIpc) is 2.38. The molecule has 0 spiro atoms. The predicted octanol–water partition coefficient (Wildman–Crippen LogP) is 0.914. The van der Waals surface area contributed by atoms with Gasteiger partial charge in [-0.2, -0.15) is 0 Å². The number of aliphatic hydroxyl groups excluding tert-OH is 1. The molecule has 19 heavy (non-hydrogen) atoms. The van der Waals surface area contributed by atoms with Gasteiger partial charge >= 0.3 is 0 Å². The Morgan fingerprint density at radius 2 is 2.16 bits per heavy atom. The lowest BCUT2D eigenvalue weighted by atomic mass is 10.1. The van der Waals surface area contributed by atoms with Crippen molar-refractivity contribution in [1.29, 1.82) is 0 Å². The Morgan fingerprint density at radius 1 is 1.47 bits per heavy atom. The van der Waals surface area contributed by atoms with Crippen LogP contribution in [0.3, 0.4) is 0 Å². The number of hydrogen-bond acceptors (Lipinski definition) is 4. The van der Waals surface area contributed by atoms with E-state index in [-0.39, 0.29) is 24.8 Å². The summed E-state index contributed by atoms with van der Waals surface area (Å²) in [6.45, 7) is 0.275. The van der Waals surface area contributed by atoms with Gasteiger partial charge in [0.25, 0.3) is 5.91 Å². The van der Waals surface area contributed by atoms with Gasteiger partial charge in [-0.25, -0.2) is 4.39 Å². The van der Waals surface area contributed by atoms with Gasteiger partial charge in [-0.1, -0.05) is 0 Å². The highest BCUT2D eigenvalue weighted by Gasteiger charge is 2.17. The van der Waals surface area contributed by atoms with E-state index in [0.29, 0.717) is 5.56 Å². The van der Waals surface area contributed by atoms with Gasteiger partial charge in [0.05, 0.1) is 19.8 Å². The molecule has 0 aliphatic carbocycles. The molecule has 0 fully saturated rings. The van der Waals surface area contributed by atoms with Gasteiger partial charge in [0, 0.05) is 26.3 Å². The normalized spacial score (nSPS) is 12.1. The molecule has 1 unspecified atom stereocenters. The van der Waals surface area contributed by atoms with Gasteiger partial charge in [-0.3, -0.25) is 4.79 Å². The number of halogens is 1. The molecule has 1 amide bonds. The number of methoxy groups -OCH3 is 2. The van der Waals surface area contributed by atoms with Crippen LogP contribution in [0.15, 0.2) is 18.2 Å². The van der Waals surface area contributed by atoms with Crippen molar-refractivity contribution in [3.63, 3.8) is 0 Å². The summed E-state index contributed by atoms with van der Waals surface area (Å²) in [7, 11) is 4.35. The third-order valence-corrected chi connectivity index (χ3v) is 2.59. The summed E-state index contributed by atoms with van der Waals surface area (Å²) in [6, 6.07) is 3.88. The van der Waals surface area contributed by atoms with Crippen molar-refractivity contribution >= 4 is 5.91 Å². The Kier molecular flexibility index (Phi) is 5.72. The number of amides is 1. The summed E-state index contributed by atoms with van der Waals surface area (Å²) in [5.74, 6) is -0.841. The lowest BCUT2D eigenvalue weighted by Crippen LogP contribution is -2.36. The summed E-state index contributed by atoms with van der Waals surface area (Å²) in [5.41, 5.74) is 0.297. The first-order valence-corrected chi connectivity index (χ1v) is 5.75. The van der Waals surface area contributed by atoms with E-state index in [9.17, 15) is 14.3 Å². The quantitative estimate of drug-likeness (QED) is 0.835. The second kappa shape index (κ2) is 7.06. The maximum atomic E-state index is 13.2. The molecule has 1 rings (SSSR count). The highest BCUT2D eigenvalue weighted by Crippen LogP contribution is 2.19. The molecule has 0 aromatic heterocycles. The minimum absolute atomic E-state index is 0.0108. The maximum Gasteiger partial charge on any atom is 0.253 e. The topological polar surface area (TPSA) is 59.0 Å². The first-order valence-electron chi connectivity index (χ1n) is 5.75. The minimum atomic E-state index is -0.763. The van der Waals surface area contributed by atoms with Crippen LogP contribution in [0.2, 0.25) is 0 Å². The van der Waals surface area contributed by atoms with Crippen LogP contribution in [0.4, 0.5) is 4.39 Å². The van der Waals surface area contributed by atoms with Crippen LogP contribution in [-0.4, -0.2) is 56.4 Å². The SMILES string of the molecule is COCC(O)CN(C)C(=O)c1ccc(F)c(OC)c1. The third-order valence-electron chi connectivity index (χ3n) is 2.59. The summed E-state index contributed by atoms with van der Waals surface area (Å²) in [4.78, 5) is 13.4. The van der Waals surface area contributed by atoms with E-state index < -0.39 is 11.9 Å². The molecule has 0 bridgehead atoms. The lowest BCUT2D eigenvalue weighted by Gasteiger charge is -2.20. The van der Waals surface area contributed by atoms with Crippen LogP contribution in [-0.2, 0) is 4.74 Å². The van der Waals surface area contributed by atoms with E-state index in [1.807, 2.05) is 0 Å². The van der Waals surface area contributed by atoms with Crippen molar-refractivity contribution in [2.45, 2.75) is 6.10 Å². The van der Waals surface area contributed by atoms with E-state index in [2.05, 4.69) is 0 Å². The van der Waals surface area contributed by atoms with Crippen LogP contribution in [0.5, 0.6) is 5.75 Å². The van der Waals surface area contributed by atoms with Gasteiger partial charge in [-0.05, 0) is 18.2 Å². The molecule has 1 N–H and O–H groups in total. The van der Waals surface area contributed by atoms with Gasteiger partial charge in [0.2, 0.25) is 0 Å². The average molecular weight is 271 g/mol. The summed E-state index contributed by atoms with van der Waals surface area (Å²) < 4.78 is 22.8. The molecule has 0 aliphatic rings. The summed E-state index contributed by atoms with van der Waals surface area (Å²) in [6.07, 6.45) is -0.763. The highest BCUT2D eigenvalue weighted by atomic mass is 19.1. The molecule has 106 valence electrons. The van der Waals surface area contributed by atoms with Gasteiger partial charge in [-0.15, -0.1) is 0 Å². The van der Waals surface area contributed by atoms with E-state index in [0.717, 1.165) is 0 Å².